The van der Waals surface area contributed by atoms with Crippen molar-refractivity contribution in [3.05, 3.63) is 83.9 Å². The number of hydrogen-bond acceptors (Lipinski definition) is 8. The molecule has 0 N–H and O–H groups in total. The molecule has 144 valence electrons. The van der Waals surface area contributed by atoms with Crippen molar-refractivity contribution in [3.8, 4) is 0 Å². The Kier molecular flexibility index (Phi) is 4.57. The molecule has 4 rings (SSSR count). The lowest BCUT2D eigenvalue weighted by Crippen LogP contribution is -2.04. The summed E-state index contributed by atoms with van der Waals surface area (Å²) in [5.41, 5.74) is 0.390. The number of esters is 1. The Hall–Kier alpha value is -3.63. The molecule has 0 spiro atoms. The van der Waals surface area contributed by atoms with E-state index in [0.29, 0.717) is 20.5 Å². The Morgan fingerprint density at radius 3 is 2.34 bits per heavy atom. The van der Waals surface area contributed by atoms with Gasteiger partial charge >= 0.3 is 5.97 Å². The van der Waals surface area contributed by atoms with Crippen molar-refractivity contribution in [2.24, 2.45) is 4.99 Å². The fourth-order valence-corrected chi connectivity index (χ4v) is 4.13. The van der Waals surface area contributed by atoms with Crippen LogP contribution < -0.4 is 0 Å². The van der Waals surface area contributed by atoms with Crippen molar-refractivity contribution in [2.45, 2.75) is 0 Å². The second kappa shape index (κ2) is 7.08. The minimum atomic E-state index is -0.696. The van der Waals surface area contributed by atoms with E-state index in [1.807, 2.05) is 0 Å². The van der Waals surface area contributed by atoms with Gasteiger partial charge in [-0.2, -0.15) is 0 Å². The van der Waals surface area contributed by atoms with Gasteiger partial charge in [0.2, 0.25) is 5.90 Å². The average molecular weight is 430 g/mol. The van der Waals surface area contributed by atoms with Crippen molar-refractivity contribution in [3.63, 3.8) is 0 Å². The zero-order valence-corrected chi connectivity index (χ0v) is 15.8. The number of carbonyl (C=O) groups excluding carboxylic acids is 1. The maximum atomic E-state index is 12.2. The first-order valence-corrected chi connectivity index (χ1v) is 9.17. The second-order valence-corrected chi connectivity index (χ2v) is 7.30. The number of nitro benzene ring substituents is 2. The zero-order valence-electron chi connectivity index (χ0n) is 14.2. The third-order valence-electron chi connectivity index (χ3n) is 4.05. The number of benzene rings is 2. The molecule has 0 atom stereocenters. The first kappa shape index (κ1) is 18.7. The predicted octanol–water partition coefficient (Wildman–Crippen LogP) is 4.72. The zero-order chi connectivity index (χ0) is 20.7. The van der Waals surface area contributed by atoms with Crippen LogP contribution in [-0.4, -0.2) is 21.7 Å². The van der Waals surface area contributed by atoms with Crippen LogP contribution in [0.5, 0.6) is 0 Å². The van der Waals surface area contributed by atoms with Gasteiger partial charge in [0.15, 0.2) is 5.70 Å². The van der Waals surface area contributed by atoms with E-state index in [1.54, 1.807) is 0 Å². The van der Waals surface area contributed by atoms with Gasteiger partial charge in [-0.05, 0) is 29.8 Å². The number of cyclic esters (lactones) is 1. The molecule has 2 aromatic carbocycles. The summed E-state index contributed by atoms with van der Waals surface area (Å²) in [6.45, 7) is 0. The van der Waals surface area contributed by atoms with E-state index < -0.39 is 15.8 Å². The van der Waals surface area contributed by atoms with Crippen LogP contribution in [0, 0.1) is 20.2 Å². The Labute approximate surface area is 170 Å². The van der Waals surface area contributed by atoms with Crippen molar-refractivity contribution in [2.75, 3.05) is 0 Å². The summed E-state index contributed by atoms with van der Waals surface area (Å²) in [7, 11) is 0. The topological polar surface area (TPSA) is 125 Å². The fraction of sp³-hybridized carbons (Fsp3) is 0. The average Bonchev–Trinajstić information content (AvgIpc) is 3.21. The number of nitro groups is 2. The van der Waals surface area contributed by atoms with E-state index in [0.717, 1.165) is 11.3 Å². The predicted molar refractivity (Wildman–Crippen MR) is 107 cm³/mol. The largest absolute Gasteiger partial charge is 0.401 e. The standard InChI is InChI=1S/C18H8ClN3O6S/c19-15-12-6-5-11(22(26)27)8-14(12)29-16(15)17-20-13(18(23)28-17)7-9-1-3-10(4-2-9)21(24)25/h1-8H/b13-7+. The van der Waals surface area contributed by atoms with Crippen molar-refractivity contribution < 1.29 is 19.4 Å². The van der Waals surface area contributed by atoms with Crippen molar-refractivity contribution in [1.29, 1.82) is 0 Å². The van der Waals surface area contributed by atoms with Gasteiger partial charge in [-0.15, -0.1) is 11.3 Å². The number of fused-ring (bicyclic) bond motifs is 1. The molecule has 1 aliphatic rings. The Morgan fingerprint density at radius 2 is 1.69 bits per heavy atom. The summed E-state index contributed by atoms with van der Waals surface area (Å²) in [6, 6.07) is 9.85. The maximum Gasteiger partial charge on any atom is 0.363 e. The highest BCUT2D eigenvalue weighted by molar-refractivity contribution is 7.21. The molecule has 0 saturated carbocycles. The van der Waals surface area contributed by atoms with Crippen molar-refractivity contribution >= 4 is 62.3 Å². The third-order valence-corrected chi connectivity index (χ3v) is 5.69. The number of thiophene rings is 1. The molecular formula is C18H8ClN3O6S. The quantitative estimate of drug-likeness (QED) is 0.256. The fourth-order valence-electron chi connectivity index (χ4n) is 2.66. The summed E-state index contributed by atoms with van der Waals surface area (Å²) in [5.74, 6) is -0.699. The number of ether oxygens (including phenoxy) is 1. The lowest BCUT2D eigenvalue weighted by Gasteiger charge is -1.95. The molecule has 0 amide bonds. The van der Waals surface area contributed by atoms with Crippen LogP contribution in [0.2, 0.25) is 5.02 Å². The van der Waals surface area contributed by atoms with Gasteiger partial charge in [-0.1, -0.05) is 11.6 Å². The minimum Gasteiger partial charge on any atom is -0.401 e. The van der Waals surface area contributed by atoms with E-state index in [1.165, 1.54) is 48.5 Å². The molecule has 0 aliphatic carbocycles. The molecule has 1 aromatic heterocycles. The molecule has 11 heteroatoms. The van der Waals surface area contributed by atoms with Gasteiger partial charge in [0.05, 0.1) is 14.9 Å². The second-order valence-electron chi connectivity index (χ2n) is 5.87. The number of rotatable bonds is 4. The minimum absolute atomic E-state index is 0.00276. The van der Waals surface area contributed by atoms with E-state index >= 15 is 0 Å². The molecule has 0 bridgehead atoms. The molecule has 0 saturated heterocycles. The van der Waals surface area contributed by atoms with Gasteiger partial charge < -0.3 is 4.74 Å². The molecule has 0 unspecified atom stereocenters. The van der Waals surface area contributed by atoms with E-state index in [-0.39, 0.29) is 28.0 Å². The lowest BCUT2D eigenvalue weighted by atomic mass is 10.2. The first-order chi connectivity index (χ1) is 13.8. The number of nitrogens with zero attached hydrogens (tertiary/aromatic N) is 3. The van der Waals surface area contributed by atoms with E-state index in [4.69, 9.17) is 16.3 Å². The van der Waals surface area contributed by atoms with Crippen LogP contribution in [0.3, 0.4) is 0 Å². The van der Waals surface area contributed by atoms with Gasteiger partial charge in [0.25, 0.3) is 11.4 Å². The summed E-state index contributed by atoms with van der Waals surface area (Å²) in [5, 5.41) is 22.5. The molecular weight excluding hydrogens is 422 g/mol. The number of carbonyl (C=O) groups is 1. The number of hydrogen-bond donors (Lipinski definition) is 0. The Morgan fingerprint density at radius 1 is 1.03 bits per heavy atom. The lowest BCUT2D eigenvalue weighted by molar-refractivity contribution is -0.385. The summed E-state index contributed by atoms with van der Waals surface area (Å²) < 4.78 is 5.77. The normalized spacial score (nSPS) is 14.9. The Bertz CT molecular complexity index is 1260. The van der Waals surface area contributed by atoms with Crippen LogP contribution in [-0.2, 0) is 9.53 Å². The van der Waals surface area contributed by atoms with Crippen LogP contribution in [0.1, 0.15) is 10.4 Å². The van der Waals surface area contributed by atoms with E-state index in [9.17, 15) is 25.0 Å². The molecule has 2 heterocycles. The van der Waals surface area contributed by atoms with Crippen LogP contribution in [0.15, 0.2) is 53.2 Å². The number of halogens is 1. The smallest absolute Gasteiger partial charge is 0.363 e. The van der Waals surface area contributed by atoms with E-state index in [2.05, 4.69) is 4.99 Å². The third kappa shape index (κ3) is 3.46. The molecule has 0 fully saturated rings. The molecule has 0 radical (unpaired) electrons. The number of aliphatic imine (C=N–C) groups is 1. The SMILES string of the molecule is O=C1OC(c2sc3cc([N+](=O)[O-])ccc3c2Cl)=N/C1=C/c1ccc([N+](=O)[O-])cc1. The molecule has 29 heavy (non-hydrogen) atoms. The summed E-state index contributed by atoms with van der Waals surface area (Å²) >= 11 is 7.48. The van der Waals surface area contributed by atoms with Gasteiger partial charge in [-0.3, -0.25) is 20.2 Å². The summed E-state index contributed by atoms with van der Waals surface area (Å²) in [4.78, 5) is 37.3. The van der Waals surface area contributed by atoms with Crippen LogP contribution >= 0.6 is 22.9 Å². The monoisotopic (exact) mass is 429 g/mol. The molecule has 9 nitrogen and oxygen atoms in total. The molecule has 1 aliphatic heterocycles. The van der Waals surface area contributed by atoms with Crippen molar-refractivity contribution in [1.82, 2.24) is 0 Å². The highest BCUT2D eigenvalue weighted by atomic mass is 35.5. The molecule has 3 aromatic rings. The van der Waals surface area contributed by atoms with Gasteiger partial charge in [0, 0.05) is 34.4 Å². The summed E-state index contributed by atoms with van der Waals surface area (Å²) in [6.07, 6.45) is 1.44. The van der Waals surface area contributed by atoms with Gasteiger partial charge in [0.1, 0.15) is 4.88 Å². The Balaban J connectivity index is 1.71. The van der Waals surface area contributed by atoms with Gasteiger partial charge in [-0.25, -0.2) is 9.79 Å². The highest BCUT2D eigenvalue weighted by Gasteiger charge is 2.28. The number of non-ortho nitro benzene ring substituents is 2. The van der Waals surface area contributed by atoms with Crippen LogP contribution in [0.25, 0.3) is 16.2 Å². The maximum absolute atomic E-state index is 12.2. The highest BCUT2D eigenvalue weighted by Crippen LogP contribution is 2.39. The van der Waals surface area contributed by atoms with Crippen LogP contribution in [0.4, 0.5) is 11.4 Å². The first-order valence-electron chi connectivity index (χ1n) is 7.97.